The van der Waals surface area contributed by atoms with Gasteiger partial charge in [-0.3, -0.25) is 13.9 Å². The minimum absolute atomic E-state index is 0.0787. The van der Waals surface area contributed by atoms with Gasteiger partial charge in [0.25, 0.3) is 0 Å². The molecule has 2 aromatic carbocycles. The summed E-state index contributed by atoms with van der Waals surface area (Å²) in [6.07, 6.45) is 1.71. The number of carbonyl (C=O) groups excluding carboxylic acids is 2. The van der Waals surface area contributed by atoms with Gasteiger partial charge < -0.3 is 15.0 Å². The van der Waals surface area contributed by atoms with Gasteiger partial charge in [-0.1, -0.05) is 42.3 Å². The normalized spacial score (nSPS) is 13.0. The van der Waals surface area contributed by atoms with Crippen LogP contribution in [0.25, 0.3) is 0 Å². The molecule has 0 bridgehead atoms. The van der Waals surface area contributed by atoms with Gasteiger partial charge in [-0.2, -0.15) is 0 Å². The summed E-state index contributed by atoms with van der Waals surface area (Å²) in [4.78, 5) is 27.8. The summed E-state index contributed by atoms with van der Waals surface area (Å²) in [5, 5.41) is 3.69. The second-order valence-corrected chi connectivity index (χ2v) is 11.0. The molecule has 2 amide bonds. The number of methoxy groups -OCH3 is 1. The molecule has 0 saturated heterocycles. The van der Waals surface area contributed by atoms with Gasteiger partial charge >= 0.3 is 0 Å². The molecule has 0 unspecified atom stereocenters. The highest BCUT2D eigenvalue weighted by molar-refractivity contribution is 7.92. The van der Waals surface area contributed by atoms with E-state index in [1.165, 1.54) is 24.1 Å². The van der Waals surface area contributed by atoms with Gasteiger partial charge in [-0.05, 0) is 56.2 Å². The van der Waals surface area contributed by atoms with Gasteiger partial charge in [0.15, 0.2) is 0 Å². The van der Waals surface area contributed by atoms with E-state index in [0.717, 1.165) is 22.5 Å². The first-order chi connectivity index (χ1) is 16.4. The van der Waals surface area contributed by atoms with E-state index in [9.17, 15) is 18.0 Å². The van der Waals surface area contributed by atoms with Crippen molar-refractivity contribution < 1.29 is 22.7 Å². The second kappa shape index (κ2) is 12.5. The molecule has 1 N–H and O–H groups in total. The Labute approximate surface area is 217 Å². The van der Waals surface area contributed by atoms with Crippen LogP contribution in [0.15, 0.2) is 42.5 Å². The zero-order chi connectivity index (χ0) is 26.3. The highest BCUT2D eigenvalue weighted by atomic mass is 35.5. The van der Waals surface area contributed by atoms with E-state index >= 15 is 0 Å². The van der Waals surface area contributed by atoms with Crippen LogP contribution in [0.4, 0.5) is 5.69 Å². The number of nitrogens with zero attached hydrogens (tertiary/aromatic N) is 2. The quantitative estimate of drug-likeness (QED) is 0.460. The molecular formula is C24H31Cl2N3O5S. The van der Waals surface area contributed by atoms with Crippen LogP contribution in [0.1, 0.15) is 32.8 Å². The molecule has 0 aliphatic rings. The van der Waals surface area contributed by atoms with Crippen molar-refractivity contribution in [3.8, 4) is 5.75 Å². The van der Waals surface area contributed by atoms with Crippen molar-refractivity contribution in [1.82, 2.24) is 10.2 Å². The lowest BCUT2D eigenvalue weighted by molar-refractivity contribution is -0.139. The molecule has 192 valence electrons. The smallest absolute Gasteiger partial charge is 0.244 e. The Morgan fingerprint density at radius 1 is 1.06 bits per heavy atom. The van der Waals surface area contributed by atoms with Crippen molar-refractivity contribution in [3.63, 3.8) is 0 Å². The zero-order valence-electron chi connectivity index (χ0n) is 20.4. The number of nitrogens with one attached hydrogen (secondary N) is 1. The van der Waals surface area contributed by atoms with Crippen molar-refractivity contribution in [3.05, 3.63) is 58.1 Å². The minimum Gasteiger partial charge on any atom is -0.495 e. The second-order valence-electron chi connectivity index (χ2n) is 8.23. The molecule has 11 heteroatoms. The van der Waals surface area contributed by atoms with Crippen LogP contribution in [0.5, 0.6) is 5.75 Å². The van der Waals surface area contributed by atoms with Crippen molar-refractivity contribution in [2.75, 3.05) is 24.2 Å². The lowest BCUT2D eigenvalue weighted by atomic mass is 10.1. The Bertz CT molecular complexity index is 1140. The molecule has 0 radical (unpaired) electrons. The van der Waals surface area contributed by atoms with Gasteiger partial charge in [0, 0.05) is 22.6 Å². The topological polar surface area (TPSA) is 96.0 Å². The van der Waals surface area contributed by atoms with E-state index in [2.05, 4.69) is 5.32 Å². The summed E-state index contributed by atoms with van der Waals surface area (Å²) in [7, 11) is -2.52. The molecule has 0 aliphatic carbocycles. The number of anilines is 1. The minimum atomic E-state index is -3.91. The van der Waals surface area contributed by atoms with Crippen molar-refractivity contribution in [2.45, 2.75) is 45.8 Å². The predicted molar refractivity (Wildman–Crippen MR) is 140 cm³/mol. The molecule has 8 nitrogen and oxygen atoms in total. The lowest BCUT2D eigenvalue weighted by Crippen LogP contribution is -2.52. The number of sulfonamides is 1. The third-order valence-corrected chi connectivity index (χ3v) is 7.14. The molecule has 0 heterocycles. The first-order valence-electron chi connectivity index (χ1n) is 11.0. The van der Waals surface area contributed by atoms with Gasteiger partial charge in [0.1, 0.15) is 18.3 Å². The Kier molecular flexibility index (Phi) is 10.2. The number of amides is 2. The maximum Gasteiger partial charge on any atom is 0.244 e. The van der Waals surface area contributed by atoms with Gasteiger partial charge in [-0.25, -0.2) is 8.42 Å². The van der Waals surface area contributed by atoms with Crippen LogP contribution in [0.3, 0.4) is 0 Å². The summed E-state index contributed by atoms with van der Waals surface area (Å²) >= 11 is 12.1. The summed E-state index contributed by atoms with van der Waals surface area (Å²) < 4.78 is 31.7. The molecule has 0 fully saturated rings. The zero-order valence-corrected chi connectivity index (χ0v) is 22.7. The molecule has 2 rings (SSSR count). The average Bonchev–Trinajstić information content (AvgIpc) is 2.80. The lowest BCUT2D eigenvalue weighted by Gasteiger charge is -2.32. The monoisotopic (exact) mass is 543 g/mol. The SMILES string of the molecule is CC[C@@H](C)NC(=O)[C@@H](C)N(Cc1ccc(Cl)cc1)C(=O)CN(c1cc(Cl)ccc1OC)S(C)(=O)=O. The third-order valence-electron chi connectivity index (χ3n) is 5.52. The molecule has 2 atom stereocenters. The number of carbonyl (C=O) groups is 2. The Balaban J connectivity index is 2.45. The van der Waals surface area contributed by atoms with Gasteiger partial charge in [0.2, 0.25) is 21.8 Å². The van der Waals surface area contributed by atoms with Gasteiger partial charge in [-0.15, -0.1) is 0 Å². The van der Waals surface area contributed by atoms with Gasteiger partial charge in [0.05, 0.1) is 19.1 Å². The highest BCUT2D eigenvalue weighted by Crippen LogP contribution is 2.33. The maximum absolute atomic E-state index is 13.6. The van der Waals surface area contributed by atoms with Crippen molar-refractivity contribution >= 4 is 50.7 Å². The standard InChI is InChI=1S/C24H31Cl2N3O5S/c1-6-16(2)27-24(31)17(3)28(14-18-7-9-19(25)10-8-18)23(30)15-29(35(5,32)33)21-13-20(26)11-12-22(21)34-4/h7-13,16-17H,6,14-15H2,1-5H3,(H,27,31)/t16-,17-/m1/s1. The Morgan fingerprint density at radius 2 is 1.66 bits per heavy atom. The van der Waals surface area contributed by atoms with E-state index in [0.29, 0.717) is 5.02 Å². The van der Waals surface area contributed by atoms with E-state index in [-0.39, 0.29) is 35.0 Å². The average molecular weight is 545 g/mol. The predicted octanol–water partition coefficient (Wildman–Crippen LogP) is 4.10. The molecule has 2 aromatic rings. The molecule has 35 heavy (non-hydrogen) atoms. The Morgan fingerprint density at radius 3 is 2.20 bits per heavy atom. The fourth-order valence-electron chi connectivity index (χ4n) is 3.29. The van der Waals surface area contributed by atoms with E-state index < -0.39 is 28.5 Å². The van der Waals surface area contributed by atoms with Crippen molar-refractivity contribution in [2.24, 2.45) is 0 Å². The summed E-state index contributed by atoms with van der Waals surface area (Å²) in [6, 6.07) is 10.4. The van der Waals surface area contributed by atoms with E-state index in [1.807, 2.05) is 13.8 Å². The molecule has 0 aliphatic heterocycles. The fraction of sp³-hybridized carbons (Fsp3) is 0.417. The first kappa shape index (κ1) is 28.7. The number of rotatable bonds is 11. The van der Waals surface area contributed by atoms with Crippen LogP contribution in [-0.2, 0) is 26.2 Å². The fourth-order valence-corrected chi connectivity index (χ4v) is 4.42. The molecule has 0 aromatic heterocycles. The van der Waals surface area contributed by atoms with Crippen LogP contribution in [-0.4, -0.2) is 57.1 Å². The third kappa shape index (κ3) is 8.02. The summed E-state index contributed by atoms with van der Waals surface area (Å²) in [6.45, 7) is 4.94. The van der Waals surface area contributed by atoms with E-state index in [1.54, 1.807) is 37.3 Å². The summed E-state index contributed by atoms with van der Waals surface area (Å²) in [5.74, 6) is -0.674. The molecule has 0 spiro atoms. The molecule has 0 saturated carbocycles. The first-order valence-corrected chi connectivity index (χ1v) is 13.6. The maximum atomic E-state index is 13.6. The number of halogens is 2. The number of hydrogen-bond donors (Lipinski definition) is 1. The highest BCUT2D eigenvalue weighted by Gasteiger charge is 2.31. The number of benzene rings is 2. The number of hydrogen-bond acceptors (Lipinski definition) is 5. The van der Waals surface area contributed by atoms with Crippen LogP contribution < -0.4 is 14.4 Å². The molecular weight excluding hydrogens is 513 g/mol. The van der Waals surface area contributed by atoms with Crippen LogP contribution >= 0.6 is 23.2 Å². The Hall–Kier alpha value is -2.49. The van der Waals surface area contributed by atoms with Crippen LogP contribution in [0.2, 0.25) is 10.0 Å². The van der Waals surface area contributed by atoms with Crippen LogP contribution in [0, 0.1) is 0 Å². The largest absolute Gasteiger partial charge is 0.495 e. The number of ether oxygens (including phenoxy) is 1. The summed E-state index contributed by atoms with van der Waals surface area (Å²) in [5.41, 5.74) is 0.858. The van der Waals surface area contributed by atoms with Crippen molar-refractivity contribution in [1.29, 1.82) is 0 Å². The van der Waals surface area contributed by atoms with E-state index in [4.69, 9.17) is 27.9 Å².